The topological polar surface area (TPSA) is 110 Å². The van der Waals surface area contributed by atoms with Crippen molar-refractivity contribution in [3.8, 4) is 0 Å². The van der Waals surface area contributed by atoms with Gasteiger partial charge in [0.1, 0.15) is 5.69 Å². The molecule has 1 aliphatic carbocycles. The van der Waals surface area contributed by atoms with Crippen molar-refractivity contribution < 1.29 is 18.1 Å². The van der Waals surface area contributed by atoms with Gasteiger partial charge in [-0.25, -0.2) is 8.42 Å². The fourth-order valence-electron chi connectivity index (χ4n) is 2.82. The maximum absolute atomic E-state index is 12.0. The van der Waals surface area contributed by atoms with Crippen LogP contribution in [0, 0.1) is 10.1 Å². The highest BCUT2D eigenvalue weighted by atomic mass is 32.2. The lowest BCUT2D eigenvalue weighted by molar-refractivity contribution is -0.384. The number of carbonyl (C=O) groups excluding carboxylic acids is 1. The van der Waals surface area contributed by atoms with E-state index in [0.717, 1.165) is 30.7 Å². The van der Waals surface area contributed by atoms with Crippen LogP contribution in [-0.2, 0) is 16.4 Å². The first kappa shape index (κ1) is 19.8. The molecule has 1 saturated carbocycles. The average Bonchev–Trinajstić information content (AvgIpc) is 3.44. The fraction of sp³-hybridized carbons (Fsp3) is 0.316. The van der Waals surface area contributed by atoms with Crippen molar-refractivity contribution in [1.29, 1.82) is 0 Å². The molecule has 9 heteroatoms. The Balaban J connectivity index is 1.77. The molecule has 0 unspecified atom stereocenters. The van der Waals surface area contributed by atoms with E-state index in [9.17, 15) is 23.3 Å². The SMILES string of the molecule is CN(Cc1ccc(C(=O)NC2CC2)cc1)c1ccc(S(C)(=O)=O)cc1[N+](=O)[O-]. The molecule has 2 aromatic rings. The Labute approximate surface area is 163 Å². The Morgan fingerprint density at radius 3 is 2.39 bits per heavy atom. The van der Waals surface area contributed by atoms with E-state index in [0.29, 0.717) is 17.8 Å². The zero-order chi connectivity index (χ0) is 20.5. The van der Waals surface area contributed by atoms with E-state index in [1.165, 1.54) is 12.1 Å². The average molecular weight is 403 g/mol. The number of nitro benzene ring substituents is 1. The Morgan fingerprint density at radius 2 is 1.86 bits per heavy atom. The lowest BCUT2D eigenvalue weighted by Crippen LogP contribution is -2.25. The molecule has 1 amide bonds. The van der Waals surface area contributed by atoms with E-state index in [1.807, 2.05) is 0 Å². The number of sulfone groups is 1. The Morgan fingerprint density at radius 1 is 1.21 bits per heavy atom. The molecule has 0 saturated heterocycles. The van der Waals surface area contributed by atoms with Crippen LogP contribution >= 0.6 is 0 Å². The van der Waals surface area contributed by atoms with Crippen molar-refractivity contribution in [2.75, 3.05) is 18.2 Å². The summed E-state index contributed by atoms with van der Waals surface area (Å²) >= 11 is 0. The molecule has 0 atom stereocenters. The van der Waals surface area contributed by atoms with Crippen molar-refractivity contribution in [2.45, 2.75) is 30.3 Å². The number of benzene rings is 2. The maximum atomic E-state index is 12.0. The van der Waals surface area contributed by atoms with Gasteiger partial charge in [0.05, 0.1) is 9.82 Å². The van der Waals surface area contributed by atoms with Crippen molar-refractivity contribution in [3.05, 3.63) is 63.7 Å². The van der Waals surface area contributed by atoms with E-state index in [-0.39, 0.29) is 22.5 Å². The van der Waals surface area contributed by atoms with Crippen LogP contribution in [0.15, 0.2) is 47.4 Å². The summed E-state index contributed by atoms with van der Waals surface area (Å²) in [5.41, 5.74) is 1.48. The van der Waals surface area contributed by atoms with Crippen LogP contribution in [0.3, 0.4) is 0 Å². The zero-order valence-corrected chi connectivity index (χ0v) is 16.4. The monoisotopic (exact) mass is 403 g/mol. The quantitative estimate of drug-likeness (QED) is 0.562. The summed E-state index contributed by atoms with van der Waals surface area (Å²) in [6, 6.07) is 11.2. The summed E-state index contributed by atoms with van der Waals surface area (Å²) in [5, 5.41) is 14.3. The summed E-state index contributed by atoms with van der Waals surface area (Å²) in [6.07, 6.45) is 3.05. The van der Waals surface area contributed by atoms with Gasteiger partial charge in [-0.05, 0) is 42.7 Å². The minimum absolute atomic E-state index is 0.0950. The van der Waals surface area contributed by atoms with Gasteiger partial charge in [-0.1, -0.05) is 12.1 Å². The van der Waals surface area contributed by atoms with Crippen molar-refractivity contribution in [3.63, 3.8) is 0 Å². The molecular formula is C19H21N3O5S. The van der Waals surface area contributed by atoms with Crippen LogP contribution in [0.1, 0.15) is 28.8 Å². The molecule has 0 aliphatic heterocycles. The maximum Gasteiger partial charge on any atom is 0.293 e. The van der Waals surface area contributed by atoms with E-state index < -0.39 is 14.8 Å². The van der Waals surface area contributed by atoms with Crippen LogP contribution in [0.5, 0.6) is 0 Å². The summed E-state index contributed by atoms with van der Waals surface area (Å²) in [7, 11) is -1.85. The van der Waals surface area contributed by atoms with Crippen molar-refractivity contribution in [1.82, 2.24) is 5.32 Å². The first-order valence-electron chi connectivity index (χ1n) is 8.74. The van der Waals surface area contributed by atoms with E-state index in [2.05, 4.69) is 5.32 Å². The molecule has 1 N–H and O–H groups in total. The van der Waals surface area contributed by atoms with Gasteiger partial charge < -0.3 is 10.2 Å². The summed E-state index contributed by atoms with van der Waals surface area (Å²) < 4.78 is 23.3. The Hall–Kier alpha value is -2.94. The second-order valence-electron chi connectivity index (χ2n) is 6.98. The van der Waals surface area contributed by atoms with Crippen molar-refractivity contribution in [2.24, 2.45) is 0 Å². The summed E-state index contributed by atoms with van der Waals surface area (Å²) in [6.45, 7) is 0.365. The van der Waals surface area contributed by atoms with Crippen LogP contribution in [0.4, 0.5) is 11.4 Å². The number of amides is 1. The van der Waals surface area contributed by atoms with Crippen molar-refractivity contribution >= 4 is 27.1 Å². The molecule has 8 nitrogen and oxygen atoms in total. The number of hydrogen-bond donors (Lipinski definition) is 1. The molecule has 1 aliphatic rings. The van der Waals surface area contributed by atoms with Crippen LogP contribution in [0.25, 0.3) is 0 Å². The van der Waals surface area contributed by atoms with E-state index in [1.54, 1.807) is 36.2 Å². The number of carbonyl (C=O) groups is 1. The third-order valence-corrected chi connectivity index (χ3v) is 5.64. The van der Waals surface area contributed by atoms with Gasteiger partial charge in [0.15, 0.2) is 9.84 Å². The molecule has 1 fully saturated rings. The highest BCUT2D eigenvalue weighted by Gasteiger charge is 2.24. The van der Waals surface area contributed by atoms with Crippen LogP contribution in [0.2, 0.25) is 0 Å². The smallest absolute Gasteiger partial charge is 0.293 e. The minimum Gasteiger partial charge on any atom is -0.365 e. The molecule has 28 heavy (non-hydrogen) atoms. The van der Waals surface area contributed by atoms with Gasteiger partial charge in [-0.3, -0.25) is 14.9 Å². The Bertz CT molecular complexity index is 1010. The van der Waals surface area contributed by atoms with E-state index in [4.69, 9.17) is 0 Å². The lowest BCUT2D eigenvalue weighted by Gasteiger charge is -2.20. The third-order valence-electron chi connectivity index (χ3n) is 4.53. The molecule has 0 aromatic heterocycles. The first-order valence-corrected chi connectivity index (χ1v) is 10.6. The molecule has 0 radical (unpaired) electrons. The summed E-state index contributed by atoms with van der Waals surface area (Å²) in [5.74, 6) is -0.102. The number of hydrogen-bond acceptors (Lipinski definition) is 6. The predicted molar refractivity (Wildman–Crippen MR) is 105 cm³/mol. The molecule has 0 bridgehead atoms. The predicted octanol–water partition coefficient (Wildman–Crippen LogP) is 2.53. The molecule has 3 rings (SSSR count). The number of anilines is 1. The molecule has 148 valence electrons. The summed E-state index contributed by atoms with van der Waals surface area (Å²) in [4.78, 5) is 24.4. The highest BCUT2D eigenvalue weighted by Crippen LogP contribution is 2.31. The number of nitrogens with one attached hydrogen (secondary N) is 1. The third kappa shape index (κ3) is 4.66. The van der Waals surface area contributed by atoms with Gasteiger partial charge in [0.25, 0.3) is 11.6 Å². The Kier molecular flexibility index (Phi) is 5.37. The highest BCUT2D eigenvalue weighted by molar-refractivity contribution is 7.90. The van der Waals surface area contributed by atoms with Crippen LogP contribution in [-0.4, -0.2) is 38.6 Å². The molecule has 0 heterocycles. The molecule has 0 spiro atoms. The number of nitro groups is 1. The number of nitrogens with zero attached hydrogens (tertiary/aromatic N) is 2. The standard InChI is InChI=1S/C19H21N3O5S/c1-21(17-10-9-16(28(2,26)27)11-18(17)22(24)25)12-13-3-5-14(6-4-13)19(23)20-15-7-8-15/h3-6,9-11,15H,7-8,12H2,1-2H3,(H,20,23). The molecular weight excluding hydrogens is 382 g/mol. The van der Waals surface area contributed by atoms with E-state index >= 15 is 0 Å². The van der Waals surface area contributed by atoms with Crippen LogP contribution < -0.4 is 10.2 Å². The zero-order valence-electron chi connectivity index (χ0n) is 15.6. The van der Waals surface area contributed by atoms with Gasteiger partial charge in [-0.2, -0.15) is 0 Å². The second-order valence-corrected chi connectivity index (χ2v) is 9.00. The lowest BCUT2D eigenvalue weighted by atomic mass is 10.1. The van der Waals surface area contributed by atoms with Gasteiger partial charge >= 0.3 is 0 Å². The van der Waals surface area contributed by atoms with Gasteiger partial charge in [-0.15, -0.1) is 0 Å². The molecule has 2 aromatic carbocycles. The van der Waals surface area contributed by atoms with Gasteiger partial charge in [0, 0.05) is 37.5 Å². The van der Waals surface area contributed by atoms with Gasteiger partial charge in [0.2, 0.25) is 0 Å². The second kappa shape index (κ2) is 7.59. The largest absolute Gasteiger partial charge is 0.365 e. The fourth-order valence-corrected chi connectivity index (χ4v) is 3.46. The minimum atomic E-state index is -3.54. The number of rotatable bonds is 7. The first-order chi connectivity index (χ1) is 13.1. The normalized spacial score (nSPS) is 13.8.